The van der Waals surface area contributed by atoms with Crippen molar-refractivity contribution in [2.45, 2.75) is 6.92 Å². The SMILES string of the molecule is Cc1nc(Cl)c(C=C2NCCN2)c(=O)[nH]1. The van der Waals surface area contributed by atoms with Crippen molar-refractivity contribution < 1.29 is 0 Å². The van der Waals surface area contributed by atoms with E-state index in [1.165, 1.54) is 0 Å². The fourth-order valence-corrected chi connectivity index (χ4v) is 1.66. The second-order valence-electron chi connectivity index (χ2n) is 3.27. The van der Waals surface area contributed by atoms with Gasteiger partial charge in [0.25, 0.3) is 5.56 Å². The first-order chi connectivity index (χ1) is 7.16. The Balaban J connectivity index is 2.44. The summed E-state index contributed by atoms with van der Waals surface area (Å²) in [6.07, 6.45) is 1.67. The maximum atomic E-state index is 11.6. The Hall–Kier alpha value is -1.49. The van der Waals surface area contributed by atoms with Gasteiger partial charge in [0.15, 0.2) is 0 Å². The summed E-state index contributed by atoms with van der Waals surface area (Å²) in [5, 5.41) is 6.39. The zero-order valence-corrected chi connectivity index (χ0v) is 8.98. The lowest BCUT2D eigenvalue weighted by Crippen LogP contribution is -2.16. The maximum Gasteiger partial charge on any atom is 0.259 e. The largest absolute Gasteiger partial charge is 0.370 e. The van der Waals surface area contributed by atoms with Crippen molar-refractivity contribution >= 4 is 17.7 Å². The molecule has 6 heteroatoms. The minimum absolute atomic E-state index is 0.222. The molecule has 0 atom stereocenters. The molecular weight excluding hydrogens is 216 g/mol. The van der Waals surface area contributed by atoms with E-state index in [4.69, 9.17) is 11.6 Å². The predicted octanol–water partition coefficient (Wildman–Crippen LogP) is 0.223. The number of nitrogens with one attached hydrogen (secondary N) is 3. The molecule has 0 bridgehead atoms. The highest BCUT2D eigenvalue weighted by atomic mass is 35.5. The van der Waals surface area contributed by atoms with Crippen LogP contribution in [0.1, 0.15) is 11.4 Å². The van der Waals surface area contributed by atoms with Crippen LogP contribution < -0.4 is 16.2 Å². The number of H-pyrrole nitrogens is 1. The fourth-order valence-electron chi connectivity index (χ4n) is 1.39. The van der Waals surface area contributed by atoms with E-state index >= 15 is 0 Å². The zero-order valence-electron chi connectivity index (χ0n) is 8.22. The van der Waals surface area contributed by atoms with E-state index in [1.807, 2.05) is 0 Å². The first kappa shape index (κ1) is 10.0. The Labute approximate surface area is 91.6 Å². The lowest BCUT2D eigenvalue weighted by Gasteiger charge is -2.01. The van der Waals surface area contributed by atoms with Gasteiger partial charge in [-0.2, -0.15) is 0 Å². The number of hydrogen-bond donors (Lipinski definition) is 3. The smallest absolute Gasteiger partial charge is 0.259 e. The van der Waals surface area contributed by atoms with Gasteiger partial charge in [-0.25, -0.2) is 4.98 Å². The van der Waals surface area contributed by atoms with E-state index < -0.39 is 0 Å². The molecule has 1 aliphatic rings. The molecule has 1 aromatic rings. The molecule has 0 amide bonds. The molecule has 80 valence electrons. The molecule has 5 nitrogen and oxygen atoms in total. The number of aryl methyl sites for hydroxylation is 1. The lowest BCUT2D eigenvalue weighted by molar-refractivity contribution is 0.942. The molecule has 2 heterocycles. The number of nitrogens with zero attached hydrogens (tertiary/aromatic N) is 1. The molecule has 0 saturated carbocycles. The summed E-state index contributed by atoms with van der Waals surface area (Å²) in [7, 11) is 0. The topological polar surface area (TPSA) is 69.8 Å². The summed E-state index contributed by atoms with van der Waals surface area (Å²) in [6.45, 7) is 3.39. The highest BCUT2D eigenvalue weighted by Gasteiger charge is 2.09. The van der Waals surface area contributed by atoms with Crippen LogP contribution in [0.5, 0.6) is 0 Å². The Morgan fingerprint density at radius 1 is 1.40 bits per heavy atom. The quantitative estimate of drug-likeness (QED) is 0.600. The maximum absolute atomic E-state index is 11.6. The molecule has 1 aromatic heterocycles. The number of aromatic amines is 1. The molecule has 1 fully saturated rings. The van der Waals surface area contributed by atoms with Gasteiger partial charge >= 0.3 is 0 Å². The van der Waals surface area contributed by atoms with Crippen molar-refractivity contribution in [1.29, 1.82) is 0 Å². The van der Waals surface area contributed by atoms with Crippen molar-refractivity contribution in [1.82, 2.24) is 20.6 Å². The van der Waals surface area contributed by atoms with Gasteiger partial charge in [-0.05, 0) is 13.0 Å². The number of hydrogen-bond acceptors (Lipinski definition) is 4. The van der Waals surface area contributed by atoms with E-state index in [0.717, 1.165) is 18.9 Å². The Morgan fingerprint density at radius 3 is 2.67 bits per heavy atom. The molecule has 0 aromatic carbocycles. The molecule has 2 rings (SSSR count). The van der Waals surface area contributed by atoms with E-state index in [-0.39, 0.29) is 10.7 Å². The summed E-state index contributed by atoms with van der Waals surface area (Å²) >= 11 is 5.88. The van der Waals surface area contributed by atoms with Crippen LogP contribution in [-0.2, 0) is 0 Å². The van der Waals surface area contributed by atoms with Gasteiger partial charge in [0, 0.05) is 13.1 Å². The van der Waals surface area contributed by atoms with Crippen molar-refractivity contribution in [3.8, 4) is 0 Å². The summed E-state index contributed by atoms with van der Waals surface area (Å²) in [5.74, 6) is 1.31. The van der Waals surface area contributed by atoms with Gasteiger partial charge in [-0.3, -0.25) is 4.79 Å². The second kappa shape index (κ2) is 3.94. The van der Waals surface area contributed by atoms with Gasteiger partial charge in [0.05, 0.1) is 11.4 Å². The van der Waals surface area contributed by atoms with Crippen LogP contribution in [0.3, 0.4) is 0 Å². The third kappa shape index (κ3) is 2.12. The Bertz CT molecular complexity index is 458. The van der Waals surface area contributed by atoms with Gasteiger partial charge in [0.2, 0.25) is 0 Å². The molecule has 0 unspecified atom stereocenters. The minimum Gasteiger partial charge on any atom is -0.370 e. The van der Waals surface area contributed by atoms with Crippen LogP contribution in [0, 0.1) is 6.92 Å². The molecule has 0 spiro atoms. The van der Waals surface area contributed by atoms with Crippen LogP contribution in [0.25, 0.3) is 6.08 Å². The van der Waals surface area contributed by atoms with Gasteiger partial charge in [0.1, 0.15) is 11.0 Å². The van der Waals surface area contributed by atoms with Crippen LogP contribution in [0.4, 0.5) is 0 Å². The molecular formula is C9H11ClN4O. The number of rotatable bonds is 1. The standard InChI is InChI=1S/C9H11ClN4O/c1-5-13-8(10)6(9(15)14-5)4-7-11-2-3-12-7/h4,11-12H,2-3H2,1H3,(H,13,14,15). The first-order valence-electron chi connectivity index (χ1n) is 4.62. The fraction of sp³-hybridized carbons (Fsp3) is 0.333. The van der Waals surface area contributed by atoms with Gasteiger partial charge in [-0.15, -0.1) is 0 Å². The molecule has 0 aliphatic carbocycles. The monoisotopic (exact) mass is 226 g/mol. The molecule has 0 radical (unpaired) electrons. The van der Waals surface area contributed by atoms with Crippen LogP contribution in [-0.4, -0.2) is 23.1 Å². The van der Waals surface area contributed by atoms with Crippen molar-refractivity contribution in [3.05, 3.63) is 32.7 Å². The van der Waals surface area contributed by atoms with E-state index in [2.05, 4.69) is 20.6 Å². The Morgan fingerprint density at radius 2 is 2.07 bits per heavy atom. The summed E-state index contributed by atoms with van der Waals surface area (Å²) in [4.78, 5) is 18.2. The van der Waals surface area contributed by atoms with Crippen molar-refractivity contribution in [2.24, 2.45) is 0 Å². The van der Waals surface area contributed by atoms with E-state index in [9.17, 15) is 4.79 Å². The second-order valence-corrected chi connectivity index (χ2v) is 3.63. The van der Waals surface area contributed by atoms with Gasteiger partial charge < -0.3 is 15.6 Å². The summed E-state index contributed by atoms with van der Waals surface area (Å²) < 4.78 is 0. The average molecular weight is 227 g/mol. The van der Waals surface area contributed by atoms with Crippen molar-refractivity contribution in [3.63, 3.8) is 0 Å². The molecule has 1 aliphatic heterocycles. The van der Waals surface area contributed by atoms with E-state index in [0.29, 0.717) is 11.4 Å². The average Bonchev–Trinajstić information content (AvgIpc) is 2.63. The summed E-state index contributed by atoms with van der Waals surface area (Å²) in [6, 6.07) is 0. The molecule has 1 saturated heterocycles. The lowest BCUT2D eigenvalue weighted by atomic mass is 10.3. The Kier molecular flexibility index (Phi) is 2.64. The minimum atomic E-state index is -0.226. The molecule has 15 heavy (non-hydrogen) atoms. The van der Waals surface area contributed by atoms with E-state index in [1.54, 1.807) is 13.0 Å². The third-order valence-corrected chi connectivity index (χ3v) is 2.36. The highest BCUT2D eigenvalue weighted by molar-refractivity contribution is 6.30. The normalized spacial score (nSPS) is 14.7. The van der Waals surface area contributed by atoms with Gasteiger partial charge in [-0.1, -0.05) is 11.6 Å². The molecule has 3 N–H and O–H groups in total. The van der Waals surface area contributed by atoms with Crippen LogP contribution in [0.2, 0.25) is 5.15 Å². The predicted molar refractivity (Wildman–Crippen MR) is 58.6 cm³/mol. The van der Waals surface area contributed by atoms with Crippen LogP contribution >= 0.6 is 11.6 Å². The van der Waals surface area contributed by atoms with Crippen LogP contribution in [0.15, 0.2) is 10.6 Å². The first-order valence-corrected chi connectivity index (χ1v) is 5.00. The number of aromatic nitrogens is 2. The zero-order chi connectivity index (χ0) is 10.8. The third-order valence-electron chi connectivity index (χ3n) is 2.07. The number of halogens is 1. The van der Waals surface area contributed by atoms with Crippen molar-refractivity contribution in [2.75, 3.05) is 13.1 Å². The highest BCUT2D eigenvalue weighted by Crippen LogP contribution is 2.11. The summed E-state index contributed by atoms with van der Waals surface area (Å²) in [5.41, 5.74) is 0.148.